The van der Waals surface area contributed by atoms with E-state index in [0.29, 0.717) is 21.4 Å². The molecule has 114 valence electrons. The fourth-order valence-corrected chi connectivity index (χ4v) is 2.21. The first kappa shape index (κ1) is 16.8. The molecule has 0 saturated carbocycles. The van der Waals surface area contributed by atoms with Crippen LogP contribution in [0.4, 0.5) is 0 Å². The second-order valence-electron chi connectivity index (χ2n) is 4.20. The Morgan fingerprint density at radius 3 is 2.64 bits per heavy atom. The summed E-state index contributed by atoms with van der Waals surface area (Å²) in [5, 5.41) is 4.81. The Morgan fingerprint density at radius 2 is 1.95 bits per heavy atom. The second kappa shape index (κ2) is 8.17. The lowest BCUT2D eigenvalue weighted by molar-refractivity contribution is -0.123. The van der Waals surface area contributed by atoms with E-state index in [4.69, 9.17) is 27.9 Å². The largest absolute Gasteiger partial charge is 0.484 e. The molecule has 0 spiro atoms. The molecule has 0 aliphatic heterocycles. The number of nitrogens with one attached hydrogen (secondary N) is 1. The molecule has 0 heterocycles. The lowest BCUT2D eigenvalue weighted by atomic mass is 10.2. The van der Waals surface area contributed by atoms with Gasteiger partial charge in [-0.05, 0) is 36.4 Å². The van der Waals surface area contributed by atoms with Crippen molar-refractivity contribution in [3.8, 4) is 5.75 Å². The van der Waals surface area contributed by atoms with Crippen molar-refractivity contribution in [1.29, 1.82) is 0 Å². The van der Waals surface area contributed by atoms with Crippen molar-refractivity contribution < 1.29 is 9.53 Å². The van der Waals surface area contributed by atoms with Crippen LogP contribution >= 0.6 is 39.1 Å². The number of ether oxygens (including phenoxy) is 1. The number of amides is 1. The van der Waals surface area contributed by atoms with E-state index in [1.165, 1.54) is 6.21 Å². The molecule has 1 N–H and O–H groups in total. The van der Waals surface area contributed by atoms with Crippen molar-refractivity contribution in [2.75, 3.05) is 6.61 Å². The van der Waals surface area contributed by atoms with Gasteiger partial charge in [-0.1, -0.05) is 45.2 Å². The Labute approximate surface area is 146 Å². The number of halogens is 3. The molecule has 7 heteroatoms. The first-order valence-corrected chi connectivity index (χ1v) is 7.75. The monoisotopic (exact) mass is 400 g/mol. The maximum atomic E-state index is 11.6. The van der Waals surface area contributed by atoms with Crippen molar-refractivity contribution in [2.45, 2.75) is 0 Å². The Morgan fingerprint density at radius 1 is 1.23 bits per heavy atom. The minimum Gasteiger partial charge on any atom is -0.484 e. The normalized spacial score (nSPS) is 10.7. The molecule has 0 saturated heterocycles. The molecule has 1 amide bonds. The van der Waals surface area contributed by atoms with E-state index in [-0.39, 0.29) is 12.5 Å². The van der Waals surface area contributed by atoms with Gasteiger partial charge >= 0.3 is 0 Å². The summed E-state index contributed by atoms with van der Waals surface area (Å²) in [5.74, 6) is 0.229. The third-order valence-corrected chi connectivity index (χ3v) is 3.63. The number of hydrogen-bond donors (Lipinski definition) is 1. The van der Waals surface area contributed by atoms with Crippen molar-refractivity contribution in [1.82, 2.24) is 5.43 Å². The van der Waals surface area contributed by atoms with Crippen LogP contribution in [-0.2, 0) is 4.79 Å². The van der Waals surface area contributed by atoms with Gasteiger partial charge in [0.2, 0.25) is 0 Å². The third-order valence-electron chi connectivity index (χ3n) is 2.54. The van der Waals surface area contributed by atoms with Crippen LogP contribution in [0.2, 0.25) is 10.0 Å². The summed E-state index contributed by atoms with van der Waals surface area (Å²) in [7, 11) is 0. The topological polar surface area (TPSA) is 50.7 Å². The maximum absolute atomic E-state index is 11.6. The predicted molar refractivity (Wildman–Crippen MR) is 91.8 cm³/mol. The zero-order chi connectivity index (χ0) is 15.9. The fraction of sp³-hybridized carbons (Fsp3) is 0.0667. The predicted octanol–water partition coefficient (Wildman–Crippen LogP) is 4.29. The highest BCUT2D eigenvalue weighted by Crippen LogP contribution is 2.19. The Bertz CT molecular complexity index is 690. The Balaban J connectivity index is 1.82. The van der Waals surface area contributed by atoms with Gasteiger partial charge in [0.1, 0.15) is 5.75 Å². The van der Waals surface area contributed by atoms with Gasteiger partial charge < -0.3 is 4.74 Å². The molecule has 0 aromatic heterocycles. The first-order chi connectivity index (χ1) is 10.5. The molecule has 0 bridgehead atoms. The lowest BCUT2D eigenvalue weighted by Crippen LogP contribution is -2.24. The van der Waals surface area contributed by atoms with Gasteiger partial charge in [-0.25, -0.2) is 5.43 Å². The van der Waals surface area contributed by atoms with E-state index in [2.05, 4.69) is 26.5 Å². The fourth-order valence-electron chi connectivity index (χ4n) is 1.49. The molecule has 2 aromatic carbocycles. The first-order valence-electron chi connectivity index (χ1n) is 6.20. The van der Waals surface area contributed by atoms with Gasteiger partial charge in [-0.15, -0.1) is 0 Å². The number of hydrazone groups is 1. The maximum Gasteiger partial charge on any atom is 0.277 e. The van der Waals surface area contributed by atoms with Crippen LogP contribution in [-0.4, -0.2) is 18.7 Å². The average Bonchev–Trinajstić information content (AvgIpc) is 2.49. The van der Waals surface area contributed by atoms with Crippen molar-refractivity contribution in [3.63, 3.8) is 0 Å². The van der Waals surface area contributed by atoms with Gasteiger partial charge in [-0.3, -0.25) is 4.79 Å². The van der Waals surface area contributed by atoms with Gasteiger partial charge in [-0.2, -0.15) is 5.10 Å². The molecular weight excluding hydrogens is 391 g/mol. The number of benzene rings is 2. The summed E-state index contributed by atoms with van der Waals surface area (Å²) in [6, 6.07) is 12.2. The zero-order valence-electron chi connectivity index (χ0n) is 11.2. The van der Waals surface area contributed by atoms with Crippen LogP contribution < -0.4 is 10.2 Å². The number of rotatable bonds is 5. The molecule has 2 aromatic rings. The van der Waals surface area contributed by atoms with Crippen molar-refractivity contribution in [3.05, 3.63) is 62.5 Å². The van der Waals surface area contributed by atoms with Gasteiger partial charge in [0.15, 0.2) is 6.61 Å². The zero-order valence-corrected chi connectivity index (χ0v) is 14.3. The van der Waals surface area contributed by atoms with Gasteiger partial charge in [0.25, 0.3) is 5.91 Å². The van der Waals surface area contributed by atoms with E-state index in [9.17, 15) is 4.79 Å². The molecule has 0 aliphatic carbocycles. The van der Waals surface area contributed by atoms with Crippen LogP contribution in [0.3, 0.4) is 0 Å². The SMILES string of the molecule is O=C(COc1ccc(Br)cc1)N/N=C/c1ccc(Cl)cc1Cl. The highest BCUT2D eigenvalue weighted by Gasteiger charge is 2.02. The van der Waals surface area contributed by atoms with Gasteiger partial charge in [0, 0.05) is 15.1 Å². The summed E-state index contributed by atoms with van der Waals surface area (Å²) < 4.78 is 6.25. The highest BCUT2D eigenvalue weighted by molar-refractivity contribution is 9.10. The van der Waals surface area contributed by atoms with E-state index < -0.39 is 0 Å². The molecule has 0 unspecified atom stereocenters. The highest BCUT2D eigenvalue weighted by atomic mass is 79.9. The molecule has 0 aliphatic rings. The summed E-state index contributed by atoms with van der Waals surface area (Å²) in [6.45, 7) is -0.132. The standard InChI is InChI=1S/C15H11BrCl2N2O2/c16-11-2-5-13(6-3-11)22-9-15(21)20-19-8-10-1-4-12(17)7-14(10)18/h1-8H,9H2,(H,20,21)/b19-8+. The molecular formula is C15H11BrCl2N2O2. The minimum absolute atomic E-state index is 0.132. The minimum atomic E-state index is -0.371. The van der Waals surface area contributed by atoms with Crippen LogP contribution in [0.25, 0.3) is 0 Å². The molecule has 0 radical (unpaired) electrons. The number of carbonyl (C=O) groups is 1. The number of hydrogen-bond acceptors (Lipinski definition) is 3. The average molecular weight is 402 g/mol. The summed E-state index contributed by atoms with van der Waals surface area (Å²) >= 11 is 15.1. The molecule has 0 atom stereocenters. The molecule has 22 heavy (non-hydrogen) atoms. The summed E-state index contributed by atoms with van der Waals surface area (Å²) in [6.07, 6.45) is 1.44. The number of carbonyl (C=O) groups excluding carboxylic acids is 1. The Hall–Kier alpha value is -1.56. The second-order valence-corrected chi connectivity index (χ2v) is 5.96. The summed E-state index contributed by atoms with van der Waals surface area (Å²) in [5.41, 5.74) is 3.01. The van der Waals surface area contributed by atoms with Crippen LogP contribution in [0.5, 0.6) is 5.75 Å². The van der Waals surface area contributed by atoms with E-state index in [1.54, 1.807) is 30.3 Å². The van der Waals surface area contributed by atoms with E-state index in [1.807, 2.05) is 12.1 Å². The third kappa shape index (κ3) is 5.33. The molecule has 0 fully saturated rings. The number of nitrogens with zero attached hydrogens (tertiary/aromatic N) is 1. The lowest BCUT2D eigenvalue weighted by Gasteiger charge is -2.04. The van der Waals surface area contributed by atoms with Crippen LogP contribution in [0, 0.1) is 0 Å². The van der Waals surface area contributed by atoms with Crippen LogP contribution in [0.1, 0.15) is 5.56 Å². The van der Waals surface area contributed by atoms with Crippen molar-refractivity contribution >= 4 is 51.3 Å². The van der Waals surface area contributed by atoms with Crippen LogP contribution in [0.15, 0.2) is 52.0 Å². The Kier molecular flexibility index (Phi) is 6.24. The van der Waals surface area contributed by atoms with E-state index >= 15 is 0 Å². The quantitative estimate of drug-likeness (QED) is 0.600. The smallest absolute Gasteiger partial charge is 0.277 e. The van der Waals surface area contributed by atoms with Gasteiger partial charge in [0.05, 0.1) is 11.2 Å². The van der Waals surface area contributed by atoms with E-state index in [0.717, 1.165) is 4.47 Å². The molecule has 4 nitrogen and oxygen atoms in total. The molecule has 2 rings (SSSR count). The summed E-state index contributed by atoms with van der Waals surface area (Å²) in [4.78, 5) is 11.6. The van der Waals surface area contributed by atoms with Crippen molar-refractivity contribution in [2.24, 2.45) is 5.10 Å².